The molecule has 1 fully saturated rings. The zero-order valence-corrected chi connectivity index (χ0v) is 16.8. The molecule has 29 heavy (non-hydrogen) atoms. The summed E-state index contributed by atoms with van der Waals surface area (Å²) in [5, 5.41) is 12.7. The van der Waals surface area contributed by atoms with Gasteiger partial charge in [-0.15, -0.1) is 0 Å². The molecule has 2 N–H and O–H groups in total. The van der Waals surface area contributed by atoms with Crippen LogP contribution in [0.1, 0.15) is 41.7 Å². The van der Waals surface area contributed by atoms with Crippen molar-refractivity contribution in [1.29, 1.82) is 0 Å². The molecule has 1 saturated heterocycles. The van der Waals surface area contributed by atoms with Crippen LogP contribution in [0, 0.1) is 5.82 Å². The predicted octanol–water partition coefficient (Wildman–Crippen LogP) is 2.02. The van der Waals surface area contributed by atoms with E-state index in [0.29, 0.717) is 19.0 Å². The molecule has 0 radical (unpaired) electrons. The lowest BCUT2D eigenvalue weighted by Crippen LogP contribution is -2.48. The van der Waals surface area contributed by atoms with Gasteiger partial charge in [0.2, 0.25) is 5.89 Å². The normalized spacial score (nSPS) is 16.7. The quantitative estimate of drug-likeness (QED) is 0.666. The van der Waals surface area contributed by atoms with Gasteiger partial charge in [-0.25, -0.2) is 9.37 Å². The van der Waals surface area contributed by atoms with E-state index in [9.17, 15) is 14.3 Å². The molecule has 1 aliphatic heterocycles. The second kappa shape index (κ2) is 10.5. The summed E-state index contributed by atoms with van der Waals surface area (Å²) >= 11 is 0. The molecule has 0 saturated carbocycles. The van der Waals surface area contributed by atoms with Crippen molar-refractivity contribution in [1.82, 2.24) is 20.1 Å². The van der Waals surface area contributed by atoms with Crippen LogP contribution in [0.3, 0.4) is 0 Å². The van der Waals surface area contributed by atoms with Crippen LogP contribution >= 0.6 is 0 Å². The first-order chi connectivity index (χ1) is 14.0. The van der Waals surface area contributed by atoms with Gasteiger partial charge in [0.25, 0.3) is 5.91 Å². The zero-order chi connectivity index (χ0) is 20.6. The number of nitrogens with one attached hydrogen (secondary N) is 1. The van der Waals surface area contributed by atoms with Crippen LogP contribution in [0.2, 0.25) is 0 Å². The molecule has 2 aromatic rings. The van der Waals surface area contributed by atoms with Crippen LogP contribution in [-0.4, -0.2) is 64.6 Å². The van der Waals surface area contributed by atoms with Crippen LogP contribution < -0.4 is 5.32 Å². The van der Waals surface area contributed by atoms with E-state index in [1.807, 2.05) is 0 Å². The molecule has 3 rings (SSSR count). The molecule has 1 aromatic heterocycles. The highest BCUT2D eigenvalue weighted by molar-refractivity contribution is 5.91. The number of benzene rings is 1. The molecule has 1 aromatic carbocycles. The number of rotatable bonds is 9. The number of aliphatic hydroxyl groups excluding tert-OH is 1. The lowest BCUT2D eigenvalue weighted by atomic mass is 10.2. The van der Waals surface area contributed by atoms with Gasteiger partial charge in [-0.1, -0.05) is 25.5 Å². The monoisotopic (exact) mass is 404 g/mol. The Balaban J connectivity index is 1.42. The van der Waals surface area contributed by atoms with Gasteiger partial charge in [-0.05, 0) is 24.1 Å². The highest BCUT2D eigenvalue weighted by atomic mass is 19.1. The molecule has 0 unspecified atom stereocenters. The number of aromatic nitrogens is 1. The summed E-state index contributed by atoms with van der Waals surface area (Å²) < 4.78 is 18.4. The van der Waals surface area contributed by atoms with Crippen LogP contribution in [0.4, 0.5) is 4.39 Å². The summed E-state index contributed by atoms with van der Waals surface area (Å²) in [5.41, 5.74) is 1.05. The molecule has 0 aliphatic carbocycles. The Morgan fingerprint density at radius 3 is 2.62 bits per heavy atom. The SMILES string of the molecule is CCC[C@H](O)CN1CCN(Cc2nc(C(=O)NCc3ccc(F)cc3)co2)CC1. The number of halogens is 1. The average Bonchev–Trinajstić information content (AvgIpc) is 3.17. The van der Waals surface area contributed by atoms with Crippen molar-refractivity contribution in [2.45, 2.75) is 39.0 Å². The number of aliphatic hydroxyl groups is 1. The number of nitrogens with zero attached hydrogens (tertiary/aromatic N) is 3. The van der Waals surface area contributed by atoms with E-state index in [4.69, 9.17) is 4.42 Å². The number of piperazine rings is 1. The molecule has 158 valence electrons. The number of carbonyl (C=O) groups excluding carboxylic acids is 1. The van der Waals surface area contributed by atoms with Crippen molar-refractivity contribution in [3.8, 4) is 0 Å². The maximum atomic E-state index is 12.9. The molecule has 1 amide bonds. The van der Waals surface area contributed by atoms with Crippen molar-refractivity contribution < 1.29 is 18.7 Å². The summed E-state index contributed by atoms with van der Waals surface area (Å²) in [4.78, 5) is 21.0. The van der Waals surface area contributed by atoms with Crippen molar-refractivity contribution in [2.24, 2.45) is 0 Å². The fourth-order valence-corrected chi connectivity index (χ4v) is 3.41. The highest BCUT2D eigenvalue weighted by Gasteiger charge is 2.21. The van der Waals surface area contributed by atoms with Gasteiger partial charge < -0.3 is 14.8 Å². The molecule has 7 nitrogen and oxygen atoms in total. The maximum absolute atomic E-state index is 12.9. The summed E-state index contributed by atoms with van der Waals surface area (Å²) in [7, 11) is 0. The van der Waals surface area contributed by atoms with Gasteiger partial charge in [-0.3, -0.25) is 14.6 Å². The van der Waals surface area contributed by atoms with Crippen molar-refractivity contribution in [2.75, 3.05) is 32.7 Å². The lowest BCUT2D eigenvalue weighted by Gasteiger charge is -2.34. The number of β-amino-alcohol motifs (C(OH)–C–C–N with tert-alkyl or cyclic N) is 1. The summed E-state index contributed by atoms with van der Waals surface area (Å²) in [6.45, 7) is 7.18. The Kier molecular flexibility index (Phi) is 7.74. The van der Waals surface area contributed by atoms with Crippen molar-refractivity contribution >= 4 is 5.91 Å². The second-order valence-electron chi connectivity index (χ2n) is 7.45. The fourth-order valence-electron chi connectivity index (χ4n) is 3.41. The van der Waals surface area contributed by atoms with Gasteiger partial charge in [0.05, 0.1) is 12.6 Å². The van der Waals surface area contributed by atoms with Gasteiger partial charge in [0, 0.05) is 39.3 Å². The van der Waals surface area contributed by atoms with E-state index in [1.54, 1.807) is 12.1 Å². The third-order valence-electron chi connectivity index (χ3n) is 5.07. The standard InChI is InChI=1S/C21H29FN4O3/c1-2-3-18(27)13-25-8-10-26(11-9-25)14-20-24-19(15-29-20)21(28)23-12-16-4-6-17(22)7-5-16/h4-7,15,18,27H,2-3,8-14H2,1H3,(H,23,28)/t18-/m0/s1. The van der Waals surface area contributed by atoms with Crippen LogP contribution in [0.25, 0.3) is 0 Å². The van der Waals surface area contributed by atoms with Crippen molar-refractivity contribution in [3.63, 3.8) is 0 Å². The van der Waals surface area contributed by atoms with E-state index in [0.717, 1.165) is 51.1 Å². The molecule has 8 heteroatoms. The third kappa shape index (κ3) is 6.62. The summed E-state index contributed by atoms with van der Waals surface area (Å²) in [5.74, 6) is -0.116. The van der Waals surface area contributed by atoms with Crippen LogP contribution in [0.15, 0.2) is 34.9 Å². The first-order valence-corrected chi connectivity index (χ1v) is 10.1. The van der Waals surface area contributed by atoms with E-state index in [1.165, 1.54) is 18.4 Å². The highest BCUT2D eigenvalue weighted by Crippen LogP contribution is 2.11. The molecule has 2 heterocycles. The maximum Gasteiger partial charge on any atom is 0.273 e. The predicted molar refractivity (Wildman–Crippen MR) is 107 cm³/mol. The lowest BCUT2D eigenvalue weighted by molar-refractivity contribution is 0.0634. The number of hydrogen-bond donors (Lipinski definition) is 2. The van der Waals surface area contributed by atoms with E-state index in [2.05, 4.69) is 27.0 Å². The molecule has 1 atom stereocenters. The topological polar surface area (TPSA) is 81.8 Å². The third-order valence-corrected chi connectivity index (χ3v) is 5.07. The van der Waals surface area contributed by atoms with E-state index < -0.39 is 0 Å². The van der Waals surface area contributed by atoms with E-state index >= 15 is 0 Å². The Morgan fingerprint density at radius 2 is 1.93 bits per heavy atom. The first-order valence-electron chi connectivity index (χ1n) is 10.1. The Hall–Kier alpha value is -2.29. The fraction of sp³-hybridized carbons (Fsp3) is 0.524. The van der Waals surface area contributed by atoms with Crippen LogP contribution in [0.5, 0.6) is 0 Å². The van der Waals surface area contributed by atoms with Gasteiger partial charge in [-0.2, -0.15) is 0 Å². The number of amides is 1. The van der Waals surface area contributed by atoms with Gasteiger partial charge >= 0.3 is 0 Å². The van der Waals surface area contributed by atoms with Gasteiger partial charge in [0.15, 0.2) is 5.69 Å². The molecular formula is C21H29FN4O3. The summed E-state index contributed by atoms with van der Waals surface area (Å²) in [6.07, 6.45) is 2.94. The first kappa shape index (κ1) is 21.4. The number of hydrogen-bond acceptors (Lipinski definition) is 6. The Bertz CT molecular complexity index is 772. The molecular weight excluding hydrogens is 375 g/mol. The van der Waals surface area contributed by atoms with Crippen molar-refractivity contribution in [3.05, 3.63) is 53.5 Å². The number of oxazole rings is 1. The average molecular weight is 404 g/mol. The largest absolute Gasteiger partial charge is 0.447 e. The minimum atomic E-state index is -0.320. The smallest absolute Gasteiger partial charge is 0.273 e. The minimum Gasteiger partial charge on any atom is -0.447 e. The van der Waals surface area contributed by atoms with E-state index in [-0.39, 0.29) is 23.5 Å². The minimum absolute atomic E-state index is 0.239. The second-order valence-corrected chi connectivity index (χ2v) is 7.45. The summed E-state index contributed by atoms with van der Waals surface area (Å²) in [6, 6.07) is 5.98. The Morgan fingerprint density at radius 1 is 1.24 bits per heavy atom. The molecule has 0 spiro atoms. The Labute approximate surface area is 170 Å². The van der Waals surface area contributed by atoms with Gasteiger partial charge in [0.1, 0.15) is 12.1 Å². The number of carbonyl (C=O) groups is 1. The molecule has 0 bridgehead atoms. The molecule has 1 aliphatic rings. The van der Waals surface area contributed by atoms with Crippen LogP contribution in [-0.2, 0) is 13.1 Å². The zero-order valence-electron chi connectivity index (χ0n) is 16.8.